The minimum absolute atomic E-state index is 0.358. The number of nitrogens with zero attached hydrogens (tertiary/aromatic N) is 2. The summed E-state index contributed by atoms with van der Waals surface area (Å²) in [6, 6.07) is 11.8. The van der Waals surface area contributed by atoms with E-state index in [1.54, 1.807) is 0 Å². The lowest BCUT2D eigenvalue weighted by molar-refractivity contribution is -0.116. The van der Waals surface area contributed by atoms with Gasteiger partial charge in [0.1, 0.15) is 22.8 Å². The molecule has 2 heterocycles. The lowest BCUT2D eigenvalue weighted by Gasteiger charge is -2.09. The fraction of sp³-hybridized carbons (Fsp3) is 0.0476. The van der Waals surface area contributed by atoms with Crippen molar-refractivity contribution < 1.29 is 18.4 Å². The second-order valence-electron chi connectivity index (χ2n) is 6.46. The molecule has 7 nitrogen and oxygen atoms in total. The zero-order valence-corrected chi connectivity index (χ0v) is 16.6. The first-order valence-electron chi connectivity index (χ1n) is 9.01. The fourth-order valence-corrected chi connectivity index (χ4v) is 3.85. The average molecular weight is 440 g/mol. The molecule has 156 valence electrons. The Morgan fingerprint density at radius 3 is 2.61 bits per heavy atom. The van der Waals surface area contributed by atoms with Gasteiger partial charge in [-0.3, -0.25) is 19.8 Å². The maximum Gasteiger partial charge on any atom is 0.281 e. The Labute approximate surface area is 177 Å². The maximum absolute atomic E-state index is 13.7. The lowest BCUT2D eigenvalue weighted by atomic mass is 10.1. The number of fused-ring (bicyclic) bond motifs is 1. The van der Waals surface area contributed by atoms with Crippen LogP contribution in [0, 0.1) is 11.6 Å². The molecule has 2 aromatic heterocycles. The summed E-state index contributed by atoms with van der Waals surface area (Å²) in [6.45, 7) is -0.532. The number of benzene rings is 2. The van der Waals surface area contributed by atoms with Crippen molar-refractivity contribution >= 4 is 33.4 Å². The Hall–Kier alpha value is -3.92. The molecule has 2 N–H and O–H groups in total. The minimum atomic E-state index is -1.05. The number of hydrogen-bond donors (Lipinski definition) is 2. The number of thiophene rings is 1. The molecule has 0 bridgehead atoms. The van der Waals surface area contributed by atoms with Crippen LogP contribution in [0.5, 0.6) is 0 Å². The van der Waals surface area contributed by atoms with E-state index in [4.69, 9.17) is 0 Å². The molecule has 10 heteroatoms. The Morgan fingerprint density at radius 1 is 1.10 bits per heavy atom. The van der Waals surface area contributed by atoms with Gasteiger partial charge in [0, 0.05) is 17.0 Å². The molecule has 31 heavy (non-hydrogen) atoms. The summed E-state index contributed by atoms with van der Waals surface area (Å²) in [5.74, 6) is -3.49. The zero-order chi connectivity index (χ0) is 22.0. The van der Waals surface area contributed by atoms with E-state index in [0.29, 0.717) is 21.8 Å². The van der Waals surface area contributed by atoms with Crippen molar-refractivity contribution in [2.45, 2.75) is 0 Å². The van der Waals surface area contributed by atoms with Crippen LogP contribution in [-0.4, -0.2) is 28.0 Å². The van der Waals surface area contributed by atoms with Crippen molar-refractivity contribution in [3.63, 3.8) is 0 Å². The van der Waals surface area contributed by atoms with Gasteiger partial charge < -0.3 is 5.32 Å². The number of amides is 2. The third kappa shape index (κ3) is 4.19. The van der Waals surface area contributed by atoms with Gasteiger partial charge in [-0.25, -0.2) is 18.4 Å². The lowest BCUT2D eigenvalue weighted by Crippen LogP contribution is -2.40. The van der Waals surface area contributed by atoms with E-state index >= 15 is 0 Å². The van der Waals surface area contributed by atoms with Crippen LogP contribution >= 0.6 is 11.3 Å². The zero-order valence-electron chi connectivity index (χ0n) is 15.8. The van der Waals surface area contributed by atoms with Crippen LogP contribution in [0.2, 0.25) is 0 Å². The largest absolute Gasteiger partial charge is 0.343 e. The molecule has 4 aromatic rings. The van der Waals surface area contributed by atoms with Gasteiger partial charge in [-0.2, -0.15) is 0 Å². The van der Waals surface area contributed by atoms with Gasteiger partial charge >= 0.3 is 0 Å². The molecule has 2 amide bonds. The summed E-state index contributed by atoms with van der Waals surface area (Å²) in [5.41, 5.74) is 2.99. The first kappa shape index (κ1) is 20.4. The van der Waals surface area contributed by atoms with Gasteiger partial charge in [0.05, 0.1) is 17.5 Å². The molecule has 0 saturated heterocycles. The number of halogens is 2. The van der Waals surface area contributed by atoms with E-state index in [9.17, 15) is 23.2 Å². The summed E-state index contributed by atoms with van der Waals surface area (Å²) in [6.07, 6.45) is 1.18. The summed E-state index contributed by atoms with van der Waals surface area (Å²) < 4.78 is 27.5. The van der Waals surface area contributed by atoms with E-state index in [0.717, 1.165) is 22.4 Å². The standard InChI is InChI=1S/C21H14F2N4O3S/c22-13-6-7-14(16(23)8-13)19(29)24-9-17(28)26-27-11-25-20-18(21(27)30)15(10-31-20)12-4-2-1-3-5-12/h1-8,10-11H,9H2,(H,24,29)(H,26,28). The van der Waals surface area contributed by atoms with Crippen molar-refractivity contribution in [2.24, 2.45) is 0 Å². The molecule has 0 aliphatic rings. The van der Waals surface area contributed by atoms with Gasteiger partial charge in [-0.05, 0) is 17.7 Å². The Morgan fingerprint density at radius 2 is 1.87 bits per heavy atom. The van der Waals surface area contributed by atoms with Crippen molar-refractivity contribution in [3.8, 4) is 11.1 Å². The molecule has 0 aliphatic heterocycles. The van der Waals surface area contributed by atoms with E-state index in [-0.39, 0.29) is 0 Å². The second-order valence-corrected chi connectivity index (χ2v) is 7.32. The van der Waals surface area contributed by atoms with Crippen molar-refractivity contribution in [3.05, 3.63) is 87.8 Å². The average Bonchev–Trinajstić information content (AvgIpc) is 3.19. The molecule has 2 aromatic carbocycles. The molecule has 0 aliphatic carbocycles. The number of carbonyl (C=O) groups excluding carboxylic acids is 2. The summed E-state index contributed by atoms with van der Waals surface area (Å²) in [7, 11) is 0. The number of rotatable bonds is 5. The molecule has 0 saturated carbocycles. The van der Waals surface area contributed by atoms with Gasteiger partial charge in [0.25, 0.3) is 17.4 Å². The number of hydrogen-bond acceptors (Lipinski definition) is 5. The molecule has 4 rings (SSSR count). The van der Waals surface area contributed by atoms with Crippen LogP contribution in [-0.2, 0) is 4.79 Å². The normalized spacial score (nSPS) is 10.8. The number of carbonyl (C=O) groups is 2. The second kappa shape index (κ2) is 8.44. The molecular weight excluding hydrogens is 426 g/mol. The predicted octanol–water partition coefficient (Wildman–Crippen LogP) is 2.90. The highest BCUT2D eigenvalue weighted by molar-refractivity contribution is 7.17. The summed E-state index contributed by atoms with van der Waals surface area (Å²) in [5, 5.41) is 4.40. The van der Waals surface area contributed by atoms with Crippen LogP contribution in [0.3, 0.4) is 0 Å². The molecule has 0 unspecified atom stereocenters. The molecule has 0 fully saturated rings. The highest BCUT2D eigenvalue weighted by Gasteiger charge is 2.16. The molecular formula is C21H14F2N4O3S. The Bertz CT molecular complexity index is 1350. The van der Waals surface area contributed by atoms with Crippen molar-refractivity contribution in [1.29, 1.82) is 0 Å². The molecule has 0 spiro atoms. The molecule has 0 atom stereocenters. The minimum Gasteiger partial charge on any atom is -0.343 e. The molecule has 0 radical (unpaired) electrons. The van der Waals surface area contributed by atoms with Crippen LogP contribution in [0.1, 0.15) is 10.4 Å². The fourth-order valence-electron chi connectivity index (χ4n) is 2.95. The quantitative estimate of drug-likeness (QED) is 0.499. The van der Waals surface area contributed by atoms with Crippen LogP contribution in [0.4, 0.5) is 8.78 Å². The van der Waals surface area contributed by atoms with Crippen molar-refractivity contribution in [1.82, 2.24) is 15.0 Å². The van der Waals surface area contributed by atoms with E-state index in [2.05, 4.69) is 15.7 Å². The van der Waals surface area contributed by atoms with Gasteiger partial charge in [-0.15, -0.1) is 11.3 Å². The predicted molar refractivity (Wildman–Crippen MR) is 112 cm³/mol. The first-order chi connectivity index (χ1) is 14.9. The van der Waals surface area contributed by atoms with E-state index < -0.39 is 41.1 Å². The number of aromatic nitrogens is 2. The smallest absolute Gasteiger partial charge is 0.281 e. The Balaban J connectivity index is 1.51. The van der Waals surface area contributed by atoms with Gasteiger partial charge in [-0.1, -0.05) is 30.3 Å². The van der Waals surface area contributed by atoms with Crippen molar-refractivity contribution in [2.75, 3.05) is 12.0 Å². The monoisotopic (exact) mass is 440 g/mol. The highest BCUT2D eigenvalue weighted by atomic mass is 32.1. The third-order valence-electron chi connectivity index (χ3n) is 4.41. The number of nitrogens with one attached hydrogen (secondary N) is 2. The topological polar surface area (TPSA) is 93.1 Å². The van der Waals surface area contributed by atoms with Crippen LogP contribution in [0.25, 0.3) is 21.3 Å². The maximum atomic E-state index is 13.7. The van der Waals surface area contributed by atoms with Crippen LogP contribution in [0.15, 0.2) is 65.0 Å². The third-order valence-corrected chi connectivity index (χ3v) is 5.30. The Kier molecular flexibility index (Phi) is 5.54. The van der Waals surface area contributed by atoms with Gasteiger partial charge in [0.15, 0.2) is 0 Å². The summed E-state index contributed by atoms with van der Waals surface area (Å²) in [4.78, 5) is 41.8. The highest BCUT2D eigenvalue weighted by Crippen LogP contribution is 2.30. The van der Waals surface area contributed by atoms with Gasteiger partial charge in [0.2, 0.25) is 0 Å². The first-order valence-corrected chi connectivity index (χ1v) is 9.89. The summed E-state index contributed by atoms with van der Waals surface area (Å²) >= 11 is 1.31. The van der Waals surface area contributed by atoms with E-state index in [1.165, 1.54) is 17.7 Å². The van der Waals surface area contributed by atoms with Crippen LogP contribution < -0.4 is 16.3 Å². The SMILES string of the molecule is O=C(CNC(=O)c1ccc(F)cc1F)Nn1cnc2scc(-c3ccccc3)c2c1=O. The van der Waals surface area contributed by atoms with E-state index in [1.807, 2.05) is 35.7 Å².